The minimum absolute atomic E-state index is 0.0486. The summed E-state index contributed by atoms with van der Waals surface area (Å²) < 4.78 is 29.9. The lowest BCUT2D eigenvalue weighted by Gasteiger charge is -2.21. The zero-order valence-electron chi connectivity index (χ0n) is 17.1. The molecule has 0 unspecified atom stereocenters. The van der Waals surface area contributed by atoms with Gasteiger partial charge in [0.15, 0.2) is 5.82 Å². The van der Waals surface area contributed by atoms with Gasteiger partial charge in [-0.25, -0.2) is 17.9 Å². The van der Waals surface area contributed by atoms with Crippen molar-refractivity contribution in [3.8, 4) is 0 Å². The minimum Gasteiger partial charge on any atom is -0.216 e. The van der Waals surface area contributed by atoms with Crippen molar-refractivity contribution in [2.24, 2.45) is 0 Å². The Balaban J connectivity index is 1.73. The third kappa shape index (κ3) is 4.10. The van der Waals surface area contributed by atoms with Gasteiger partial charge in [0.25, 0.3) is 5.78 Å². The van der Waals surface area contributed by atoms with Crippen LogP contribution in [0.25, 0.3) is 5.78 Å². The number of benzene rings is 2. The second kappa shape index (κ2) is 7.97. The molecule has 2 aromatic carbocycles. The molecule has 0 aliphatic carbocycles. The maximum absolute atomic E-state index is 13.4. The van der Waals surface area contributed by atoms with Gasteiger partial charge < -0.3 is 0 Å². The number of sulfonamides is 1. The highest BCUT2D eigenvalue weighted by atomic mass is 32.2. The zero-order valence-corrected chi connectivity index (χ0v) is 18.0. The molecule has 0 saturated carbocycles. The third-order valence-corrected chi connectivity index (χ3v) is 6.65. The van der Waals surface area contributed by atoms with Crippen molar-refractivity contribution < 1.29 is 8.42 Å². The quantitative estimate of drug-likeness (QED) is 0.476. The van der Waals surface area contributed by atoms with Crippen molar-refractivity contribution in [1.29, 1.82) is 0 Å². The van der Waals surface area contributed by atoms with Crippen LogP contribution in [-0.2, 0) is 23.1 Å². The first-order valence-corrected chi connectivity index (χ1v) is 11.1. The summed E-state index contributed by atoms with van der Waals surface area (Å²) in [4.78, 5) is 9.12. The summed E-state index contributed by atoms with van der Waals surface area (Å²) in [5.41, 5.74) is 3.63. The lowest BCUT2D eigenvalue weighted by atomic mass is 10.2. The molecular formula is C22H23N5O2S. The van der Waals surface area contributed by atoms with E-state index >= 15 is 0 Å². The molecule has 8 heteroatoms. The van der Waals surface area contributed by atoms with E-state index in [0.29, 0.717) is 11.6 Å². The second-order valence-corrected chi connectivity index (χ2v) is 9.29. The molecule has 30 heavy (non-hydrogen) atoms. The summed E-state index contributed by atoms with van der Waals surface area (Å²) in [5.74, 6) is 0.873. The number of aryl methyl sites for hydroxylation is 3. The Morgan fingerprint density at radius 2 is 1.60 bits per heavy atom. The average molecular weight is 422 g/mol. The summed E-state index contributed by atoms with van der Waals surface area (Å²) in [6.45, 7) is 6.01. The van der Waals surface area contributed by atoms with Gasteiger partial charge in [0.2, 0.25) is 10.0 Å². The maximum atomic E-state index is 13.4. The van der Waals surface area contributed by atoms with Gasteiger partial charge in [-0.3, -0.25) is 0 Å². The van der Waals surface area contributed by atoms with Crippen LogP contribution in [0.5, 0.6) is 0 Å². The van der Waals surface area contributed by atoms with Crippen LogP contribution in [0.15, 0.2) is 65.6 Å². The molecule has 2 heterocycles. The zero-order chi connectivity index (χ0) is 21.3. The molecule has 2 aromatic heterocycles. The topological polar surface area (TPSA) is 80.5 Å². The molecular weight excluding hydrogens is 398 g/mol. The Hall–Kier alpha value is -3.10. The summed E-state index contributed by atoms with van der Waals surface area (Å²) in [6.07, 6.45) is 0. The van der Waals surface area contributed by atoms with E-state index in [1.165, 1.54) is 4.31 Å². The van der Waals surface area contributed by atoms with Crippen LogP contribution in [0.4, 0.5) is 0 Å². The lowest BCUT2D eigenvalue weighted by Crippen LogP contribution is -2.30. The second-order valence-electron chi connectivity index (χ2n) is 7.35. The van der Waals surface area contributed by atoms with Crippen LogP contribution < -0.4 is 0 Å². The summed E-state index contributed by atoms with van der Waals surface area (Å²) in [5, 5.41) is 4.49. The van der Waals surface area contributed by atoms with E-state index in [1.54, 1.807) is 28.8 Å². The number of aromatic nitrogens is 4. The predicted octanol–water partition coefficient (Wildman–Crippen LogP) is 3.44. The molecule has 0 atom stereocenters. The Morgan fingerprint density at radius 3 is 2.30 bits per heavy atom. The van der Waals surface area contributed by atoms with Crippen LogP contribution in [0.2, 0.25) is 0 Å². The highest BCUT2D eigenvalue weighted by molar-refractivity contribution is 7.89. The smallest absolute Gasteiger partial charge is 0.216 e. The highest BCUT2D eigenvalue weighted by Crippen LogP contribution is 2.21. The van der Waals surface area contributed by atoms with Gasteiger partial charge in [-0.05, 0) is 44.5 Å². The van der Waals surface area contributed by atoms with E-state index in [1.807, 2.05) is 57.2 Å². The van der Waals surface area contributed by atoms with Gasteiger partial charge in [0.05, 0.1) is 11.4 Å². The normalized spacial score (nSPS) is 12.0. The van der Waals surface area contributed by atoms with Crippen molar-refractivity contribution in [3.05, 3.63) is 89.0 Å². The SMILES string of the molecule is Cc1ccc(S(=O)(=O)N(Cc2ccccc2)Cc2nc3nc(C)cc(C)n3n2)cc1. The molecule has 0 aliphatic rings. The monoisotopic (exact) mass is 421 g/mol. The molecule has 0 radical (unpaired) electrons. The molecule has 0 N–H and O–H groups in total. The van der Waals surface area contributed by atoms with E-state index in [-0.39, 0.29) is 18.0 Å². The van der Waals surface area contributed by atoms with Crippen molar-refractivity contribution in [2.75, 3.05) is 0 Å². The van der Waals surface area contributed by atoms with Crippen LogP contribution in [-0.4, -0.2) is 32.3 Å². The Morgan fingerprint density at radius 1 is 0.900 bits per heavy atom. The van der Waals surface area contributed by atoms with Crippen LogP contribution >= 0.6 is 0 Å². The summed E-state index contributed by atoms with van der Waals surface area (Å²) in [7, 11) is -3.75. The largest absolute Gasteiger partial charge is 0.252 e. The molecule has 0 spiro atoms. The average Bonchev–Trinajstić information content (AvgIpc) is 3.11. The Labute approximate surface area is 176 Å². The van der Waals surface area contributed by atoms with E-state index in [4.69, 9.17) is 0 Å². The van der Waals surface area contributed by atoms with Crippen molar-refractivity contribution >= 4 is 15.8 Å². The van der Waals surface area contributed by atoms with E-state index in [9.17, 15) is 8.42 Å². The molecule has 4 rings (SSSR count). The van der Waals surface area contributed by atoms with E-state index < -0.39 is 10.0 Å². The Kier molecular flexibility index (Phi) is 5.36. The molecule has 0 amide bonds. The van der Waals surface area contributed by atoms with Crippen molar-refractivity contribution in [2.45, 2.75) is 38.8 Å². The van der Waals surface area contributed by atoms with E-state index in [2.05, 4.69) is 15.1 Å². The summed E-state index contributed by atoms with van der Waals surface area (Å²) >= 11 is 0. The fraction of sp³-hybridized carbons (Fsp3) is 0.227. The van der Waals surface area contributed by atoms with Crippen LogP contribution in [0.1, 0.15) is 28.3 Å². The summed E-state index contributed by atoms with van der Waals surface area (Å²) in [6, 6.07) is 18.3. The van der Waals surface area contributed by atoms with E-state index in [0.717, 1.165) is 22.5 Å². The number of hydrogen-bond donors (Lipinski definition) is 0. The molecule has 154 valence electrons. The Bertz CT molecular complexity index is 1280. The van der Waals surface area contributed by atoms with Gasteiger partial charge in [0, 0.05) is 17.9 Å². The number of fused-ring (bicyclic) bond motifs is 1. The fourth-order valence-corrected chi connectivity index (χ4v) is 4.69. The third-order valence-electron chi connectivity index (χ3n) is 4.84. The van der Waals surface area contributed by atoms with Gasteiger partial charge in [-0.15, -0.1) is 5.10 Å². The predicted molar refractivity (Wildman–Crippen MR) is 114 cm³/mol. The maximum Gasteiger partial charge on any atom is 0.252 e. The fourth-order valence-electron chi connectivity index (χ4n) is 3.30. The molecule has 0 saturated heterocycles. The molecule has 4 aromatic rings. The number of nitrogens with zero attached hydrogens (tertiary/aromatic N) is 5. The lowest BCUT2D eigenvalue weighted by molar-refractivity contribution is 0.392. The number of hydrogen-bond acceptors (Lipinski definition) is 5. The van der Waals surface area contributed by atoms with Crippen LogP contribution in [0, 0.1) is 20.8 Å². The van der Waals surface area contributed by atoms with Gasteiger partial charge >= 0.3 is 0 Å². The highest BCUT2D eigenvalue weighted by Gasteiger charge is 2.26. The van der Waals surface area contributed by atoms with Gasteiger partial charge in [-0.1, -0.05) is 48.0 Å². The first-order valence-electron chi connectivity index (χ1n) is 9.63. The molecule has 0 aliphatic heterocycles. The first-order chi connectivity index (χ1) is 14.3. The minimum atomic E-state index is -3.75. The molecule has 0 fully saturated rings. The first kappa shape index (κ1) is 20.2. The number of rotatable bonds is 6. The van der Waals surface area contributed by atoms with Crippen molar-refractivity contribution in [1.82, 2.24) is 23.9 Å². The standard InChI is InChI=1S/C22H23N5O2S/c1-16-9-11-20(12-10-16)30(28,29)26(14-19-7-5-4-6-8-19)15-21-24-22-23-17(2)13-18(3)27(22)25-21/h4-13H,14-15H2,1-3H3. The van der Waals surface area contributed by atoms with Gasteiger partial charge in [0.1, 0.15) is 0 Å². The van der Waals surface area contributed by atoms with Crippen molar-refractivity contribution in [3.63, 3.8) is 0 Å². The molecule has 0 bridgehead atoms. The van der Waals surface area contributed by atoms with Crippen LogP contribution in [0.3, 0.4) is 0 Å². The van der Waals surface area contributed by atoms with Gasteiger partial charge in [-0.2, -0.15) is 9.29 Å². The molecule has 7 nitrogen and oxygen atoms in total.